The van der Waals surface area contributed by atoms with E-state index < -0.39 is 0 Å². The highest BCUT2D eigenvalue weighted by Crippen LogP contribution is 2.45. The van der Waals surface area contributed by atoms with Crippen LogP contribution in [0.5, 0.6) is 0 Å². The number of hydrogen-bond donors (Lipinski definition) is 0. The third-order valence-corrected chi connectivity index (χ3v) is 6.20. The summed E-state index contributed by atoms with van der Waals surface area (Å²) in [4.78, 5) is 5.15. The van der Waals surface area contributed by atoms with Crippen LogP contribution in [0, 0.1) is 18.8 Å². The smallest absolute Gasteiger partial charge is 0.0451 e. The van der Waals surface area contributed by atoms with E-state index in [1.807, 2.05) is 12.1 Å². The Hall–Kier alpha value is -1.35. The average molecular weight is 341 g/mol. The highest BCUT2D eigenvalue weighted by molar-refractivity contribution is 6.31. The maximum absolute atomic E-state index is 6.36. The Labute approximate surface area is 150 Å². The lowest BCUT2D eigenvalue weighted by atomic mass is 9.88. The molecule has 2 fully saturated rings. The number of halogens is 1. The molecule has 0 aliphatic carbocycles. The van der Waals surface area contributed by atoms with Crippen molar-refractivity contribution in [1.29, 1.82) is 0 Å². The van der Waals surface area contributed by atoms with Gasteiger partial charge in [-0.2, -0.15) is 0 Å². The minimum atomic E-state index is 0.549. The van der Waals surface area contributed by atoms with Crippen LogP contribution in [0.2, 0.25) is 5.02 Å². The molecule has 0 aromatic heterocycles. The van der Waals surface area contributed by atoms with E-state index in [1.54, 1.807) is 0 Å². The number of hydrogen-bond acceptors (Lipinski definition) is 2. The predicted octanol–water partition coefficient (Wildman–Crippen LogP) is 4.38. The Morgan fingerprint density at radius 3 is 2.54 bits per heavy atom. The summed E-state index contributed by atoms with van der Waals surface area (Å²) in [6.07, 6.45) is 0. The second kappa shape index (κ2) is 6.51. The normalized spacial score (nSPS) is 27.5. The maximum Gasteiger partial charge on any atom is 0.0451 e. The van der Waals surface area contributed by atoms with Gasteiger partial charge in [0.05, 0.1) is 0 Å². The molecule has 2 heterocycles. The molecule has 2 aromatic rings. The van der Waals surface area contributed by atoms with Gasteiger partial charge in [-0.05, 0) is 48.6 Å². The third-order valence-electron chi connectivity index (χ3n) is 5.83. The molecular formula is C21H25ClN2. The summed E-state index contributed by atoms with van der Waals surface area (Å²) >= 11 is 6.36. The van der Waals surface area contributed by atoms with E-state index in [4.69, 9.17) is 11.6 Å². The molecule has 0 amide bonds. The van der Waals surface area contributed by atoms with Crippen LogP contribution < -0.4 is 0 Å². The van der Waals surface area contributed by atoms with Crippen LogP contribution in [0.4, 0.5) is 0 Å². The fourth-order valence-electron chi connectivity index (χ4n) is 4.73. The molecule has 3 atom stereocenters. The fourth-order valence-corrected chi connectivity index (χ4v) is 4.93. The Morgan fingerprint density at radius 2 is 1.75 bits per heavy atom. The van der Waals surface area contributed by atoms with Crippen molar-refractivity contribution in [3.63, 3.8) is 0 Å². The van der Waals surface area contributed by atoms with Crippen LogP contribution in [0.1, 0.15) is 22.7 Å². The van der Waals surface area contributed by atoms with Crippen molar-refractivity contribution in [3.8, 4) is 0 Å². The van der Waals surface area contributed by atoms with Gasteiger partial charge in [0.2, 0.25) is 0 Å². The van der Waals surface area contributed by atoms with Gasteiger partial charge in [0.15, 0.2) is 0 Å². The largest absolute Gasteiger partial charge is 0.299 e. The minimum Gasteiger partial charge on any atom is -0.299 e. The van der Waals surface area contributed by atoms with E-state index in [0.717, 1.165) is 23.4 Å². The number of nitrogens with zero attached hydrogens (tertiary/aromatic N) is 2. The van der Waals surface area contributed by atoms with Crippen LogP contribution in [0.3, 0.4) is 0 Å². The van der Waals surface area contributed by atoms with Crippen LogP contribution in [-0.2, 0) is 6.54 Å². The lowest BCUT2D eigenvalue weighted by molar-refractivity contribution is 0.224. The van der Waals surface area contributed by atoms with Crippen LogP contribution in [0.15, 0.2) is 48.5 Å². The first-order chi connectivity index (χ1) is 11.6. The second-order valence-electron chi connectivity index (χ2n) is 7.45. The van der Waals surface area contributed by atoms with Gasteiger partial charge in [-0.15, -0.1) is 0 Å². The lowest BCUT2D eigenvalue weighted by Crippen LogP contribution is -2.29. The van der Waals surface area contributed by atoms with E-state index in [1.165, 1.54) is 36.3 Å². The number of fused-ring (bicyclic) bond motifs is 1. The first-order valence-corrected chi connectivity index (χ1v) is 9.23. The monoisotopic (exact) mass is 340 g/mol. The molecule has 3 heteroatoms. The number of rotatable bonds is 3. The van der Waals surface area contributed by atoms with Crippen molar-refractivity contribution in [3.05, 3.63) is 70.2 Å². The molecular weight excluding hydrogens is 316 g/mol. The van der Waals surface area contributed by atoms with Crippen molar-refractivity contribution in [2.24, 2.45) is 11.8 Å². The standard InChI is InChI=1S/C21H25ClN2/c1-15-7-3-5-9-18(15)21-19-14-24(13-17(19)11-23(21)2)12-16-8-4-6-10-20(16)22/h3-10,17,19,21H,11-14H2,1-2H3/t17-,19+,21-/m0/s1. The zero-order valence-corrected chi connectivity index (χ0v) is 15.2. The fraction of sp³-hybridized carbons (Fsp3) is 0.429. The van der Waals surface area contributed by atoms with Gasteiger partial charge in [0, 0.05) is 37.2 Å². The van der Waals surface area contributed by atoms with E-state index >= 15 is 0 Å². The van der Waals surface area contributed by atoms with Gasteiger partial charge < -0.3 is 0 Å². The summed E-state index contributed by atoms with van der Waals surface area (Å²) in [5, 5.41) is 0.891. The van der Waals surface area contributed by atoms with Crippen LogP contribution in [0.25, 0.3) is 0 Å². The molecule has 2 aromatic carbocycles. The Kier molecular flexibility index (Phi) is 4.38. The molecule has 24 heavy (non-hydrogen) atoms. The SMILES string of the molecule is Cc1ccccc1[C@H]1[C@@H]2CN(Cc3ccccc3Cl)C[C@@H]2CN1C. The molecule has 126 valence electrons. The Balaban J connectivity index is 1.53. The van der Waals surface area contributed by atoms with Crippen LogP contribution >= 0.6 is 11.6 Å². The molecule has 2 aliphatic rings. The molecule has 0 unspecified atom stereocenters. The molecule has 0 spiro atoms. The molecule has 2 nitrogen and oxygen atoms in total. The second-order valence-corrected chi connectivity index (χ2v) is 7.86. The highest BCUT2D eigenvalue weighted by atomic mass is 35.5. The molecule has 0 N–H and O–H groups in total. The summed E-state index contributed by atoms with van der Waals surface area (Å²) in [5.74, 6) is 1.49. The number of likely N-dealkylation sites (tertiary alicyclic amines) is 2. The maximum atomic E-state index is 6.36. The first-order valence-electron chi connectivity index (χ1n) is 8.85. The average Bonchev–Trinajstić information content (AvgIpc) is 3.06. The Morgan fingerprint density at radius 1 is 1.00 bits per heavy atom. The summed E-state index contributed by atoms with van der Waals surface area (Å²) in [6, 6.07) is 17.7. The van der Waals surface area contributed by atoms with Crippen molar-refractivity contribution >= 4 is 11.6 Å². The molecule has 2 saturated heterocycles. The summed E-state index contributed by atoms with van der Waals surface area (Å²) < 4.78 is 0. The van der Waals surface area contributed by atoms with Crippen molar-refractivity contribution < 1.29 is 0 Å². The van der Waals surface area contributed by atoms with Crippen molar-refractivity contribution in [2.45, 2.75) is 19.5 Å². The molecule has 0 saturated carbocycles. The third kappa shape index (κ3) is 2.88. The zero-order chi connectivity index (χ0) is 16.7. The highest BCUT2D eigenvalue weighted by Gasteiger charge is 2.46. The van der Waals surface area contributed by atoms with Gasteiger partial charge in [-0.3, -0.25) is 9.80 Å². The van der Waals surface area contributed by atoms with Gasteiger partial charge >= 0.3 is 0 Å². The summed E-state index contributed by atoms with van der Waals surface area (Å²) in [5.41, 5.74) is 4.17. The summed E-state index contributed by atoms with van der Waals surface area (Å²) in [7, 11) is 2.29. The summed E-state index contributed by atoms with van der Waals surface area (Å²) in [6.45, 7) is 6.76. The molecule has 2 aliphatic heterocycles. The van der Waals surface area contributed by atoms with Gasteiger partial charge in [-0.1, -0.05) is 54.1 Å². The molecule has 0 bridgehead atoms. The van der Waals surface area contributed by atoms with Gasteiger partial charge in [0.1, 0.15) is 0 Å². The van der Waals surface area contributed by atoms with E-state index in [0.29, 0.717) is 6.04 Å². The first kappa shape index (κ1) is 16.1. The number of benzene rings is 2. The van der Waals surface area contributed by atoms with Crippen molar-refractivity contribution in [2.75, 3.05) is 26.7 Å². The topological polar surface area (TPSA) is 6.48 Å². The lowest BCUT2D eigenvalue weighted by Gasteiger charge is -2.28. The van der Waals surface area contributed by atoms with Crippen molar-refractivity contribution in [1.82, 2.24) is 9.80 Å². The minimum absolute atomic E-state index is 0.549. The van der Waals surface area contributed by atoms with E-state index in [-0.39, 0.29) is 0 Å². The van der Waals surface area contributed by atoms with E-state index in [2.05, 4.69) is 60.2 Å². The number of aryl methyl sites for hydroxylation is 1. The predicted molar refractivity (Wildman–Crippen MR) is 100 cm³/mol. The zero-order valence-electron chi connectivity index (χ0n) is 14.5. The Bertz CT molecular complexity index is 729. The van der Waals surface area contributed by atoms with E-state index in [9.17, 15) is 0 Å². The van der Waals surface area contributed by atoms with Gasteiger partial charge in [-0.25, -0.2) is 0 Å². The van der Waals surface area contributed by atoms with Crippen LogP contribution in [-0.4, -0.2) is 36.5 Å². The van der Waals surface area contributed by atoms with Gasteiger partial charge in [0.25, 0.3) is 0 Å². The molecule has 4 rings (SSSR count). The quantitative estimate of drug-likeness (QED) is 0.818. The molecule has 0 radical (unpaired) electrons.